The first kappa shape index (κ1) is 18.0. The van der Waals surface area contributed by atoms with Gasteiger partial charge in [-0.3, -0.25) is 14.4 Å². The second-order valence-electron chi connectivity index (χ2n) is 6.62. The van der Waals surface area contributed by atoms with Gasteiger partial charge in [-0.25, -0.2) is 0 Å². The van der Waals surface area contributed by atoms with Crippen molar-refractivity contribution in [3.8, 4) is 0 Å². The molecule has 0 bridgehead atoms. The van der Waals surface area contributed by atoms with Crippen LogP contribution in [0, 0.1) is 0 Å². The van der Waals surface area contributed by atoms with E-state index in [1.165, 1.54) is 0 Å². The molecule has 2 aliphatic rings. The van der Waals surface area contributed by atoms with Crippen LogP contribution in [0.25, 0.3) is 0 Å². The lowest BCUT2D eigenvalue weighted by molar-refractivity contribution is -0.0955. The highest BCUT2D eigenvalue weighted by Gasteiger charge is 2.39. The zero-order valence-corrected chi connectivity index (χ0v) is 15.6. The summed E-state index contributed by atoms with van der Waals surface area (Å²) in [5.41, 5.74) is 1.74. The first-order chi connectivity index (χ1) is 13.1. The Morgan fingerprint density at radius 3 is 2.26 bits per heavy atom. The van der Waals surface area contributed by atoms with Gasteiger partial charge in [0.2, 0.25) is 0 Å². The minimum absolute atomic E-state index is 0.0274. The number of anilines is 1. The number of methoxy groups -OCH3 is 1. The smallest absolute Gasteiger partial charge is 0.285 e. The van der Waals surface area contributed by atoms with E-state index < -0.39 is 11.8 Å². The molecule has 0 spiro atoms. The summed E-state index contributed by atoms with van der Waals surface area (Å²) in [6.07, 6.45) is 0.791. The van der Waals surface area contributed by atoms with Gasteiger partial charge in [0.05, 0.1) is 29.9 Å². The van der Waals surface area contributed by atoms with Gasteiger partial charge < -0.3 is 9.64 Å². The van der Waals surface area contributed by atoms with Gasteiger partial charge in [-0.15, -0.1) is 5.06 Å². The number of hydroxylamine groups is 2. The van der Waals surface area contributed by atoms with Crippen LogP contribution in [0.1, 0.15) is 27.1 Å². The van der Waals surface area contributed by atoms with Gasteiger partial charge in [-0.2, -0.15) is 0 Å². The number of hydrogen-bond donors (Lipinski definition) is 0. The van der Waals surface area contributed by atoms with Crippen LogP contribution >= 0.6 is 11.6 Å². The molecule has 27 heavy (non-hydrogen) atoms. The molecule has 0 aromatic heterocycles. The number of ether oxygens (including phenoxy) is 1. The lowest BCUT2D eigenvalue weighted by Crippen LogP contribution is -2.38. The number of carbonyl (C=O) groups excluding carboxylic acids is 2. The normalized spacial score (nSPS) is 21.9. The summed E-state index contributed by atoms with van der Waals surface area (Å²) in [4.78, 5) is 32.7. The van der Waals surface area contributed by atoms with E-state index in [2.05, 4.69) is 4.90 Å². The molecule has 2 aromatic rings. The Morgan fingerprint density at radius 1 is 1.04 bits per heavy atom. The van der Waals surface area contributed by atoms with Crippen molar-refractivity contribution in [2.75, 3.05) is 25.2 Å². The number of benzene rings is 2. The number of amides is 2. The fourth-order valence-corrected chi connectivity index (χ4v) is 3.72. The van der Waals surface area contributed by atoms with Crippen LogP contribution in [0.2, 0.25) is 5.02 Å². The third kappa shape index (κ3) is 3.32. The van der Waals surface area contributed by atoms with E-state index in [1.54, 1.807) is 31.4 Å². The van der Waals surface area contributed by atoms with Crippen molar-refractivity contribution >= 4 is 29.1 Å². The maximum Gasteiger partial charge on any atom is 0.285 e. The monoisotopic (exact) mass is 386 g/mol. The average Bonchev–Trinajstić information content (AvgIpc) is 3.21. The molecule has 2 aromatic carbocycles. The summed E-state index contributed by atoms with van der Waals surface area (Å²) < 4.78 is 5.51. The average molecular weight is 387 g/mol. The summed E-state index contributed by atoms with van der Waals surface area (Å²) in [5, 5.41) is 1.53. The molecular weight excluding hydrogens is 368 g/mol. The predicted molar refractivity (Wildman–Crippen MR) is 101 cm³/mol. The maximum atomic E-state index is 12.4. The number of halogens is 1. The fourth-order valence-electron chi connectivity index (χ4n) is 3.60. The second kappa shape index (κ2) is 7.31. The van der Waals surface area contributed by atoms with Crippen LogP contribution in [0.15, 0.2) is 48.5 Å². The Morgan fingerprint density at radius 2 is 1.67 bits per heavy atom. The number of hydrogen-bond acceptors (Lipinski definition) is 5. The Bertz CT molecular complexity index is 836. The van der Waals surface area contributed by atoms with Gasteiger partial charge in [0.15, 0.2) is 0 Å². The van der Waals surface area contributed by atoms with Crippen LogP contribution in [0.3, 0.4) is 0 Å². The van der Waals surface area contributed by atoms with Crippen molar-refractivity contribution in [2.24, 2.45) is 0 Å². The van der Waals surface area contributed by atoms with E-state index in [-0.39, 0.29) is 18.8 Å². The first-order valence-electron chi connectivity index (χ1n) is 8.74. The van der Waals surface area contributed by atoms with Crippen molar-refractivity contribution < 1.29 is 19.2 Å². The van der Waals surface area contributed by atoms with Crippen molar-refractivity contribution in [3.63, 3.8) is 0 Å². The highest BCUT2D eigenvalue weighted by Crippen LogP contribution is 2.29. The predicted octanol–water partition coefficient (Wildman–Crippen LogP) is 3.16. The van der Waals surface area contributed by atoms with E-state index >= 15 is 0 Å². The molecule has 6 nitrogen and oxygen atoms in total. The van der Waals surface area contributed by atoms with Gasteiger partial charge in [0.1, 0.15) is 0 Å². The van der Waals surface area contributed by atoms with E-state index in [0.29, 0.717) is 22.7 Å². The van der Waals surface area contributed by atoms with E-state index in [1.807, 2.05) is 24.3 Å². The lowest BCUT2D eigenvalue weighted by Gasteiger charge is -2.27. The molecule has 0 saturated carbocycles. The zero-order valence-electron chi connectivity index (χ0n) is 14.8. The molecule has 1 fully saturated rings. The number of carbonyl (C=O) groups is 2. The largest absolute Gasteiger partial charge is 0.380 e. The van der Waals surface area contributed by atoms with Gasteiger partial charge in [0.25, 0.3) is 11.8 Å². The molecule has 140 valence electrons. The topological polar surface area (TPSA) is 59.1 Å². The summed E-state index contributed by atoms with van der Waals surface area (Å²) in [5.74, 6) is -0.843. The number of nitrogens with zero attached hydrogens (tertiary/aromatic N) is 2. The molecule has 2 aliphatic heterocycles. The number of imide groups is 1. The van der Waals surface area contributed by atoms with Crippen LogP contribution in [-0.4, -0.2) is 49.3 Å². The Balaban J connectivity index is 1.49. The van der Waals surface area contributed by atoms with Crippen LogP contribution in [0.5, 0.6) is 0 Å². The van der Waals surface area contributed by atoms with Crippen molar-refractivity contribution in [2.45, 2.75) is 18.6 Å². The van der Waals surface area contributed by atoms with Crippen molar-refractivity contribution in [1.82, 2.24) is 5.06 Å². The number of rotatable bonds is 5. The highest BCUT2D eigenvalue weighted by atomic mass is 35.5. The Kier molecular flexibility index (Phi) is 4.86. The molecule has 0 aliphatic carbocycles. The summed E-state index contributed by atoms with van der Waals surface area (Å²) >= 11 is 5.98. The van der Waals surface area contributed by atoms with Gasteiger partial charge in [0, 0.05) is 24.4 Å². The number of fused-ring (bicyclic) bond motifs is 1. The fraction of sp³-hybridized carbons (Fsp3) is 0.300. The van der Waals surface area contributed by atoms with Crippen LogP contribution in [0.4, 0.5) is 5.69 Å². The Labute approximate surface area is 162 Å². The summed E-state index contributed by atoms with van der Waals surface area (Å²) in [7, 11) is 1.68. The first-order valence-corrected chi connectivity index (χ1v) is 9.12. The van der Waals surface area contributed by atoms with Gasteiger partial charge >= 0.3 is 0 Å². The molecule has 0 N–H and O–H groups in total. The third-order valence-corrected chi connectivity index (χ3v) is 5.27. The molecule has 0 radical (unpaired) electrons. The Hall–Kier alpha value is -2.41. The molecule has 2 atom stereocenters. The van der Waals surface area contributed by atoms with Gasteiger partial charge in [-0.05, 0) is 42.8 Å². The quantitative estimate of drug-likeness (QED) is 0.739. The summed E-state index contributed by atoms with van der Waals surface area (Å²) in [6, 6.07) is 14.3. The molecule has 2 heterocycles. The molecule has 7 heteroatoms. The van der Waals surface area contributed by atoms with Crippen LogP contribution < -0.4 is 4.90 Å². The highest BCUT2D eigenvalue weighted by molar-refractivity contribution is 6.30. The van der Waals surface area contributed by atoms with Crippen molar-refractivity contribution in [3.05, 3.63) is 64.7 Å². The third-order valence-electron chi connectivity index (χ3n) is 5.02. The van der Waals surface area contributed by atoms with Crippen molar-refractivity contribution in [1.29, 1.82) is 0 Å². The lowest BCUT2D eigenvalue weighted by atomic mass is 10.1. The summed E-state index contributed by atoms with van der Waals surface area (Å²) in [6.45, 7) is 0.905. The second-order valence-corrected chi connectivity index (χ2v) is 7.06. The van der Waals surface area contributed by atoms with E-state index in [4.69, 9.17) is 21.2 Å². The standard InChI is InChI=1S/C20H19ClN2O4/c1-26-16-10-15(22(11-16)14-8-6-13(21)7-9-14)12-27-23-19(24)17-4-2-3-5-18(17)20(23)25/h2-9,15-16H,10-12H2,1H3/t15-,16+/m0/s1. The van der Waals surface area contributed by atoms with E-state index in [9.17, 15) is 9.59 Å². The molecule has 0 unspecified atom stereocenters. The SMILES string of the molecule is CO[C@@H]1C[C@@H](CON2C(=O)c3ccccc3C2=O)N(c2ccc(Cl)cc2)C1. The van der Waals surface area contributed by atoms with Crippen LogP contribution in [-0.2, 0) is 9.57 Å². The molecule has 2 amide bonds. The molecular formula is C20H19ClN2O4. The zero-order chi connectivity index (χ0) is 19.0. The minimum atomic E-state index is -0.421. The minimum Gasteiger partial charge on any atom is -0.380 e. The maximum absolute atomic E-state index is 12.4. The van der Waals surface area contributed by atoms with Gasteiger partial charge in [-0.1, -0.05) is 23.7 Å². The molecule has 4 rings (SSSR count). The molecule has 1 saturated heterocycles. The van der Waals surface area contributed by atoms with E-state index in [0.717, 1.165) is 17.2 Å².